The molecule has 0 aromatic carbocycles. The van der Waals surface area contributed by atoms with Crippen molar-refractivity contribution >= 4 is 17.2 Å². The second-order valence-corrected chi connectivity index (χ2v) is 6.63. The molecule has 3 aromatic rings. The van der Waals surface area contributed by atoms with Gasteiger partial charge in [-0.3, -0.25) is 4.79 Å². The first-order valence-corrected chi connectivity index (χ1v) is 8.88. The van der Waals surface area contributed by atoms with Gasteiger partial charge in [0.15, 0.2) is 0 Å². The fourth-order valence-corrected chi connectivity index (χ4v) is 3.70. The number of imidazole rings is 1. The number of carbonyl (C=O) groups excluding carboxylic acids is 1. The molecule has 24 heavy (non-hydrogen) atoms. The van der Waals surface area contributed by atoms with Crippen molar-refractivity contribution in [1.82, 2.24) is 29.2 Å². The Morgan fingerprint density at radius 1 is 1.29 bits per heavy atom. The molecule has 1 aliphatic rings. The molecule has 0 saturated heterocycles. The lowest BCUT2D eigenvalue weighted by Gasteiger charge is -2.20. The minimum atomic E-state index is 0.192. The molecule has 0 N–H and O–H groups in total. The summed E-state index contributed by atoms with van der Waals surface area (Å²) in [5.41, 5.74) is 2.20. The van der Waals surface area contributed by atoms with E-state index in [0.717, 1.165) is 43.1 Å². The highest BCUT2D eigenvalue weighted by atomic mass is 32.1. The van der Waals surface area contributed by atoms with E-state index in [9.17, 15) is 4.79 Å². The zero-order valence-electron chi connectivity index (χ0n) is 13.2. The van der Waals surface area contributed by atoms with Gasteiger partial charge < -0.3 is 9.47 Å². The third-order valence-electron chi connectivity index (χ3n) is 4.30. The van der Waals surface area contributed by atoms with E-state index in [2.05, 4.69) is 19.6 Å². The number of nitrogens with zero attached hydrogens (tertiary/aromatic N) is 6. The van der Waals surface area contributed by atoms with Crippen molar-refractivity contribution < 1.29 is 4.79 Å². The maximum atomic E-state index is 12.5. The molecule has 124 valence electrons. The van der Waals surface area contributed by atoms with E-state index in [1.807, 2.05) is 27.9 Å². The number of fused-ring (bicyclic) bond motifs is 1. The van der Waals surface area contributed by atoms with E-state index in [1.165, 1.54) is 6.33 Å². The van der Waals surface area contributed by atoms with Gasteiger partial charge in [-0.05, 0) is 22.4 Å². The van der Waals surface area contributed by atoms with E-state index in [4.69, 9.17) is 0 Å². The third-order valence-corrected chi connectivity index (χ3v) is 5.03. The molecule has 0 spiro atoms. The predicted molar refractivity (Wildman–Crippen MR) is 89.7 cm³/mol. The van der Waals surface area contributed by atoms with Crippen LogP contribution in [0, 0.1) is 0 Å². The maximum absolute atomic E-state index is 12.5. The van der Waals surface area contributed by atoms with Crippen LogP contribution in [0.25, 0.3) is 0 Å². The van der Waals surface area contributed by atoms with Crippen molar-refractivity contribution in [3.63, 3.8) is 0 Å². The van der Waals surface area contributed by atoms with Crippen molar-refractivity contribution in [2.75, 3.05) is 13.1 Å². The third kappa shape index (κ3) is 3.09. The van der Waals surface area contributed by atoms with Gasteiger partial charge in [0, 0.05) is 26.1 Å². The van der Waals surface area contributed by atoms with E-state index in [0.29, 0.717) is 13.0 Å². The standard InChI is InChI=1S/C16H18N6OS/c23-16(7-13-2-6-24-10-13)20-3-1-15-18-8-14(22(15)5-4-20)9-21-12-17-11-19-21/h2,6,8,10-12H,1,3-5,7,9H2. The Balaban J connectivity index is 1.44. The average molecular weight is 342 g/mol. The Kier molecular flexibility index (Phi) is 4.12. The number of amides is 1. The van der Waals surface area contributed by atoms with Crippen molar-refractivity contribution in [2.24, 2.45) is 0 Å². The van der Waals surface area contributed by atoms with Gasteiger partial charge in [-0.2, -0.15) is 16.4 Å². The topological polar surface area (TPSA) is 68.8 Å². The van der Waals surface area contributed by atoms with Gasteiger partial charge in [-0.15, -0.1) is 0 Å². The summed E-state index contributed by atoms with van der Waals surface area (Å²) in [7, 11) is 0. The molecular formula is C16H18N6OS. The first-order valence-electron chi connectivity index (χ1n) is 7.94. The van der Waals surface area contributed by atoms with Gasteiger partial charge in [-0.1, -0.05) is 0 Å². The van der Waals surface area contributed by atoms with Gasteiger partial charge in [-0.25, -0.2) is 14.6 Å². The summed E-state index contributed by atoms with van der Waals surface area (Å²) >= 11 is 1.63. The molecule has 4 rings (SSSR count). The highest BCUT2D eigenvalue weighted by Gasteiger charge is 2.21. The monoisotopic (exact) mass is 342 g/mol. The molecule has 0 bridgehead atoms. The second kappa shape index (κ2) is 6.56. The number of rotatable bonds is 4. The Labute approximate surface area is 143 Å². The van der Waals surface area contributed by atoms with Gasteiger partial charge in [0.05, 0.1) is 24.9 Å². The number of thiophene rings is 1. The van der Waals surface area contributed by atoms with E-state index < -0.39 is 0 Å². The van der Waals surface area contributed by atoms with Gasteiger partial charge in [0.2, 0.25) is 5.91 Å². The van der Waals surface area contributed by atoms with E-state index in [1.54, 1.807) is 22.3 Å². The van der Waals surface area contributed by atoms with Crippen molar-refractivity contribution in [3.05, 3.63) is 52.8 Å². The number of aromatic nitrogens is 5. The normalized spacial score (nSPS) is 14.4. The maximum Gasteiger partial charge on any atom is 0.227 e. The Hall–Kier alpha value is -2.48. The average Bonchev–Trinajstić information content (AvgIpc) is 3.30. The van der Waals surface area contributed by atoms with Gasteiger partial charge >= 0.3 is 0 Å². The second-order valence-electron chi connectivity index (χ2n) is 5.85. The SMILES string of the molecule is O=C(Cc1ccsc1)N1CCc2ncc(Cn3cncn3)n2CC1. The first-order chi connectivity index (χ1) is 11.8. The summed E-state index contributed by atoms with van der Waals surface area (Å²) in [6, 6.07) is 2.02. The predicted octanol–water partition coefficient (Wildman–Crippen LogP) is 1.21. The number of carbonyl (C=O) groups is 1. The molecule has 7 nitrogen and oxygen atoms in total. The number of hydrogen-bond donors (Lipinski definition) is 0. The Morgan fingerprint density at radius 2 is 2.25 bits per heavy atom. The molecule has 0 atom stereocenters. The summed E-state index contributed by atoms with van der Waals surface area (Å²) in [5, 5.41) is 8.20. The highest BCUT2D eigenvalue weighted by Crippen LogP contribution is 2.14. The quantitative estimate of drug-likeness (QED) is 0.715. The van der Waals surface area contributed by atoms with E-state index in [-0.39, 0.29) is 5.91 Å². The zero-order valence-corrected chi connectivity index (χ0v) is 14.0. The summed E-state index contributed by atoms with van der Waals surface area (Å²) in [6.07, 6.45) is 6.40. The summed E-state index contributed by atoms with van der Waals surface area (Å²) in [6.45, 7) is 2.87. The molecule has 3 aromatic heterocycles. The molecule has 0 unspecified atom stereocenters. The summed E-state index contributed by atoms with van der Waals surface area (Å²) in [5.74, 6) is 1.23. The summed E-state index contributed by atoms with van der Waals surface area (Å²) in [4.78, 5) is 23.0. The Bertz CT molecular complexity index is 808. The van der Waals surface area contributed by atoms with Crippen LogP contribution in [0.1, 0.15) is 17.1 Å². The van der Waals surface area contributed by atoms with Crippen LogP contribution in [0.4, 0.5) is 0 Å². The Morgan fingerprint density at radius 3 is 3.04 bits per heavy atom. The van der Waals surface area contributed by atoms with Crippen LogP contribution in [0.2, 0.25) is 0 Å². The van der Waals surface area contributed by atoms with Crippen LogP contribution in [0.5, 0.6) is 0 Å². The molecule has 0 saturated carbocycles. The fraction of sp³-hybridized carbons (Fsp3) is 0.375. The molecule has 1 aliphatic heterocycles. The molecule has 0 fully saturated rings. The lowest BCUT2D eigenvalue weighted by Crippen LogP contribution is -2.34. The van der Waals surface area contributed by atoms with E-state index >= 15 is 0 Å². The van der Waals surface area contributed by atoms with Crippen molar-refractivity contribution in [1.29, 1.82) is 0 Å². The van der Waals surface area contributed by atoms with Crippen LogP contribution in [-0.2, 0) is 30.7 Å². The highest BCUT2D eigenvalue weighted by molar-refractivity contribution is 7.07. The lowest BCUT2D eigenvalue weighted by molar-refractivity contribution is -0.130. The summed E-state index contributed by atoms with van der Waals surface area (Å²) < 4.78 is 3.99. The first kappa shape index (κ1) is 15.1. The number of hydrogen-bond acceptors (Lipinski definition) is 5. The van der Waals surface area contributed by atoms with Gasteiger partial charge in [0.1, 0.15) is 18.5 Å². The largest absolute Gasteiger partial charge is 0.340 e. The van der Waals surface area contributed by atoms with Crippen LogP contribution in [0.15, 0.2) is 35.7 Å². The zero-order chi connectivity index (χ0) is 16.4. The minimum Gasteiger partial charge on any atom is -0.340 e. The van der Waals surface area contributed by atoms with Gasteiger partial charge in [0.25, 0.3) is 0 Å². The molecule has 1 amide bonds. The van der Waals surface area contributed by atoms with Crippen LogP contribution in [0.3, 0.4) is 0 Å². The smallest absolute Gasteiger partial charge is 0.227 e. The van der Waals surface area contributed by atoms with Crippen LogP contribution >= 0.6 is 11.3 Å². The fourth-order valence-electron chi connectivity index (χ4n) is 3.03. The van der Waals surface area contributed by atoms with Crippen LogP contribution in [-0.4, -0.2) is 48.2 Å². The molecular weight excluding hydrogens is 324 g/mol. The van der Waals surface area contributed by atoms with Crippen molar-refractivity contribution in [3.8, 4) is 0 Å². The molecule has 8 heteroatoms. The lowest BCUT2D eigenvalue weighted by atomic mass is 10.2. The van der Waals surface area contributed by atoms with Crippen molar-refractivity contribution in [2.45, 2.75) is 25.9 Å². The van der Waals surface area contributed by atoms with Crippen LogP contribution < -0.4 is 0 Å². The molecule has 4 heterocycles. The molecule has 0 aliphatic carbocycles. The minimum absolute atomic E-state index is 0.192. The molecule has 0 radical (unpaired) electrons.